The molecule has 1 saturated heterocycles. The minimum Gasteiger partial charge on any atom is -0.391 e. The number of thiocarbonyl (C=S) groups is 1. The van der Waals surface area contributed by atoms with Gasteiger partial charge in [0.15, 0.2) is 0 Å². The average Bonchev–Trinajstić information content (AvgIpc) is 2.95. The Morgan fingerprint density at radius 2 is 2.40 bits per heavy atom. The highest BCUT2D eigenvalue weighted by atomic mass is 32.1. The minimum atomic E-state index is -0.298. The maximum Gasteiger partial charge on any atom is 0.230 e. The van der Waals surface area contributed by atoms with Gasteiger partial charge in [-0.1, -0.05) is 12.2 Å². The van der Waals surface area contributed by atoms with Gasteiger partial charge in [0.25, 0.3) is 0 Å². The zero-order chi connectivity index (χ0) is 14.1. The van der Waals surface area contributed by atoms with Crippen molar-refractivity contribution in [2.45, 2.75) is 31.3 Å². The number of nitrogens with two attached hydrogens (primary N) is 1. The average molecular weight is 310 g/mol. The van der Waals surface area contributed by atoms with Gasteiger partial charge in [-0.3, -0.25) is 4.79 Å². The summed E-state index contributed by atoms with van der Waals surface area (Å²) in [5, 5.41) is 2.09. The number of carbonyl (C=O) groups is 1. The lowest BCUT2D eigenvalue weighted by molar-refractivity contribution is -0.138. The standard InChI is InChI=1S/C14H18N2O2S2/c15-13(19)11-8-16(5-6-18-11)14(17)10-2-1-3-12-9(10)4-7-20-12/h4,7,10-11H,1-3,5-6,8H2,(H2,15,19). The van der Waals surface area contributed by atoms with Gasteiger partial charge in [0.05, 0.1) is 19.1 Å². The third-order valence-corrected chi connectivity index (χ3v) is 5.30. The number of morpholine rings is 1. The van der Waals surface area contributed by atoms with Gasteiger partial charge in [0.1, 0.15) is 11.1 Å². The summed E-state index contributed by atoms with van der Waals surface area (Å²) in [6.45, 7) is 1.63. The SMILES string of the molecule is NC(=S)C1CN(C(=O)C2CCCc3sccc32)CCO1. The van der Waals surface area contributed by atoms with Crippen molar-refractivity contribution >= 4 is 34.5 Å². The molecule has 1 fully saturated rings. The molecule has 1 aromatic rings. The molecule has 2 aliphatic rings. The van der Waals surface area contributed by atoms with E-state index in [4.69, 9.17) is 22.7 Å². The topological polar surface area (TPSA) is 55.6 Å². The molecule has 3 rings (SSSR count). The highest BCUT2D eigenvalue weighted by Gasteiger charge is 2.33. The van der Waals surface area contributed by atoms with E-state index in [0.29, 0.717) is 24.7 Å². The van der Waals surface area contributed by atoms with E-state index in [1.165, 1.54) is 10.4 Å². The predicted molar refractivity (Wildman–Crippen MR) is 83.1 cm³/mol. The fraction of sp³-hybridized carbons (Fsp3) is 0.571. The summed E-state index contributed by atoms with van der Waals surface area (Å²) in [7, 11) is 0. The second-order valence-electron chi connectivity index (χ2n) is 5.29. The lowest BCUT2D eigenvalue weighted by Gasteiger charge is -2.35. The quantitative estimate of drug-likeness (QED) is 0.845. The van der Waals surface area contributed by atoms with Gasteiger partial charge >= 0.3 is 0 Å². The van der Waals surface area contributed by atoms with E-state index in [-0.39, 0.29) is 17.9 Å². The lowest BCUT2D eigenvalue weighted by Crippen LogP contribution is -2.51. The number of hydrogen-bond donors (Lipinski definition) is 1. The Bertz CT molecular complexity index is 529. The number of hydrogen-bond acceptors (Lipinski definition) is 4. The molecule has 2 unspecified atom stereocenters. The summed E-state index contributed by atoms with van der Waals surface area (Å²) in [5.41, 5.74) is 6.86. The summed E-state index contributed by atoms with van der Waals surface area (Å²) in [6.07, 6.45) is 2.84. The van der Waals surface area contributed by atoms with E-state index >= 15 is 0 Å². The lowest BCUT2D eigenvalue weighted by atomic mass is 9.86. The molecule has 0 aromatic carbocycles. The summed E-state index contributed by atoms with van der Waals surface area (Å²) in [5.74, 6) is 0.212. The number of amides is 1. The second-order valence-corrected chi connectivity index (χ2v) is 6.76. The van der Waals surface area contributed by atoms with Crippen LogP contribution in [0.15, 0.2) is 11.4 Å². The summed E-state index contributed by atoms with van der Waals surface area (Å²) >= 11 is 6.74. The molecule has 2 N–H and O–H groups in total. The molecule has 1 amide bonds. The Labute approximate surface area is 127 Å². The van der Waals surface area contributed by atoms with Crippen LogP contribution in [0.5, 0.6) is 0 Å². The molecule has 1 aromatic heterocycles. The number of ether oxygens (including phenoxy) is 1. The van der Waals surface area contributed by atoms with Gasteiger partial charge in [-0.2, -0.15) is 0 Å². The van der Waals surface area contributed by atoms with Crippen LogP contribution < -0.4 is 5.73 Å². The van der Waals surface area contributed by atoms with Gasteiger partial charge in [-0.25, -0.2) is 0 Å². The van der Waals surface area contributed by atoms with E-state index in [1.807, 2.05) is 4.90 Å². The Kier molecular flexibility index (Phi) is 4.05. The normalized spacial score (nSPS) is 26.1. The fourth-order valence-corrected chi connectivity index (χ4v) is 4.11. The van der Waals surface area contributed by atoms with Crippen LogP contribution in [-0.4, -0.2) is 41.6 Å². The van der Waals surface area contributed by atoms with Crippen molar-refractivity contribution in [2.75, 3.05) is 19.7 Å². The van der Waals surface area contributed by atoms with Crippen LogP contribution in [-0.2, 0) is 16.0 Å². The first-order chi connectivity index (χ1) is 9.66. The van der Waals surface area contributed by atoms with Gasteiger partial charge < -0.3 is 15.4 Å². The van der Waals surface area contributed by atoms with E-state index in [9.17, 15) is 4.79 Å². The molecular weight excluding hydrogens is 292 g/mol. The number of rotatable bonds is 2. The molecular formula is C14H18N2O2S2. The molecule has 6 heteroatoms. The van der Waals surface area contributed by atoms with Gasteiger partial charge in [0.2, 0.25) is 5.91 Å². The first-order valence-electron chi connectivity index (χ1n) is 6.93. The first-order valence-corrected chi connectivity index (χ1v) is 8.21. The maximum absolute atomic E-state index is 12.8. The minimum absolute atomic E-state index is 0.00935. The zero-order valence-electron chi connectivity index (χ0n) is 11.2. The van der Waals surface area contributed by atoms with Crippen LogP contribution in [0.25, 0.3) is 0 Å². The second kappa shape index (κ2) is 5.79. The summed E-state index contributed by atoms with van der Waals surface area (Å²) in [4.78, 5) is 16.3. The third kappa shape index (κ3) is 2.60. The molecule has 0 spiro atoms. The van der Waals surface area contributed by atoms with Crippen LogP contribution in [0.1, 0.15) is 29.2 Å². The highest BCUT2D eigenvalue weighted by Crippen LogP contribution is 2.36. The smallest absolute Gasteiger partial charge is 0.230 e. The Morgan fingerprint density at radius 3 is 3.20 bits per heavy atom. The van der Waals surface area contributed by atoms with Crippen molar-refractivity contribution in [3.8, 4) is 0 Å². The largest absolute Gasteiger partial charge is 0.391 e. The van der Waals surface area contributed by atoms with Crippen molar-refractivity contribution in [2.24, 2.45) is 5.73 Å². The Hall–Kier alpha value is -0.980. The van der Waals surface area contributed by atoms with Crippen molar-refractivity contribution in [3.63, 3.8) is 0 Å². The number of carbonyl (C=O) groups excluding carboxylic acids is 1. The number of nitrogens with zero attached hydrogens (tertiary/aromatic N) is 1. The molecule has 108 valence electrons. The monoisotopic (exact) mass is 310 g/mol. The molecule has 2 heterocycles. The highest BCUT2D eigenvalue weighted by molar-refractivity contribution is 7.80. The fourth-order valence-electron chi connectivity index (χ4n) is 2.98. The van der Waals surface area contributed by atoms with Crippen molar-refractivity contribution in [3.05, 3.63) is 21.9 Å². The molecule has 2 atom stereocenters. The van der Waals surface area contributed by atoms with Crippen LogP contribution in [0.3, 0.4) is 0 Å². The van der Waals surface area contributed by atoms with E-state index in [0.717, 1.165) is 19.3 Å². The summed E-state index contributed by atoms with van der Waals surface area (Å²) in [6, 6.07) is 2.10. The number of fused-ring (bicyclic) bond motifs is 1. The van der Waals surface area contributed by atoms with E-state index < -0.39 is 0 Å². The Morgan fingerprint density at radius 1 is 1.55 bits per heavy atom. The Balaban J connectivity index is 1.75. The van der Waals surface area contributed by atoms with Crippen LogP contribution >= 0.6 is 23.6 Å². The third-order valence-electron chi connectivity index (χ3n) is 4.05. The van der Waals surface area contributed by atoms with Crippen molar-refractivity contribution in [1.82, 2.24) is 4.90 Å². The molecule has 0 saturated carbocycles. The van der Waals surface area contributed by atoms with Gasteiger partial charge in [-0.15, -0.1) is 11.3 Å². The van der Waals surface area contributed by atoms with Crippen molar-refractivity contribution in [1.29, 1.82) is 0 Å². The molecule has 4 nitrogen and oxygen atoms in total. The van der Waals surface area contributed by atoms with Crippen LogP contribution in [0.2, 0.25) is 0 Å². The number of aryl methyl sites for hydroxylation is 1. The van der Waals surface area contributed by atoms with Crippen LogP contribution in [0, 0.1) is 0 Å². The van der Waals surface area contributed by atoms with E-state index in [2.05, 4.69) is 11.4 Å². The van der Waals surface area contributed by atoms with Gasteiger partial charge in [0, 0.05) is 11.4 Å². The zero-order valence-corrected chi connectivity index (χ0v) is 12.8. The van der Waals surface area contributed by atoms with E-state index in [1.54, 1.807) is 11.3 Å². The van der Waals surface area contributed by atoms with Gasteiger partial charge in [-0.05, 0) is 36.3 Å². The molecule has 0 radical (unpaired) electrons. The van der Waals surface area contributed by atoms with Crippen molar-refractivity contribution < 1.29 is 9.53 Å². The molecule has 0 bridgehead atoms. The molecule has 1 aliphatic heterocycles. The molecule has 20 heavy (non-hydrogen) atoms. The molecule has 1 aliphatic carbocycles. The first kappa shape index (κ1) is 14.0. The predicted octanol–water partition coefficient (Wildman–Crippen LogP) is 1.68. The summed E-state index contributed by atoms with van der Waals surface area (Å²) < 4.78 is 5.50. The number of thiophene rings is 1. The van der Waals surface area contributed by atoms with Crippen LogP contribution in [0.4, 0.5) is 0 Å². The maximum atomic E-state index is 12.8.